The number of rotatable bonds is 6. The van der Waals surface area contributed by atoms with E-state index in [1.165, 1.54) is 0 Å². The molecule has 5 heteroatoms. The first-order valence-electron chi connectivity index (χ1n) is 6.40. The third-order valence-electron chi connectivity index (χ3n) is 3.33. The molecule has 0 aromatic heterocycles. The lowest BCUT2D eigenvalue weighted by atomic mass is 10.1. The summed E-state index contributed by atoms with van der Waals surface area (Å²) in [4.78, 5) is 22.4. The van der Waals surface area contributed by atoms with E-state index in [4.69, 9.17) is 17.3 Å². The molecule has 0 saturated heterocycles. The van der Waals surface area contributed by atoms with E-state index in [0.717, 1.165) is 17.0 Å². The van der Waals surface area contributed by atoms with Gasteiger partial charge in [-0.05, 0) is 30.4 Å². The van der Waals surface area contributed by atoms with Gasteiger partial charge in [-0.25, -0.2) is 0 Å². The Morgan fingerprint density at radius 3 is 2.79 bits per heavy atom. The summed E-state index contributed by atoms with van der Waals surface area (Å²) < 4.78 is 0. The Labute approximate surface area is 117 Å². The average molecular weight is 281 g/mol. The number of nitrogens with two attached hydrogens (primary N) is 1. The molecule has 1 aliphatic rings. The highest BCUT2D eigenvalue weighted by Crippen LogP contribution is 2.49. The molecule has 0 aliphatic heterocycles. The number of halogens is 1. The summed E-state index contributed by atoms with van der Waals surface area (Å²) in [5, 5.41) is 3.55. The van der Waals surface area contributed by atoms with Crippen LogP contribution in [0, 0.1) is 5.92 Å². The number of carbonyl (C=O) groups excluding carboxylic acids is 2. The van der Waals surface area contributed by atoms with Gasteiger partial charge in [-0.2, -0.15) is 0 Å². The largest absolute Gasteiger partial charge is 0.370 e. The smallest absolute Gasteiger partial charge is 0.223 e. The first-order valence-corrected chi connectivity index (χ1v) is 6.78. The minimum absolute atomic E-state index is 0.00785. The molecule has 2 rings (SSSR count). The summed E-state index contributed by atoms with van der Waals surface area (Å²) in [5.74, 6) is -0.0673. The molecule has 2 atom stereocenters. The first kappa shape index (κ1) is 13.9. The van der Waals surface area contributed by atoms with Crippen molar-refractivity contribution in [1.29, 1.82) is 0 Å². The number of nitrogens with one attached hydrogen (secondary N) is 1. The summed E-state index contributed by atoms with van der Waals surface area (Å²) >= 11 is 6.11. The van der Waals surface area contributed by atoms with Crippen molar-refractivity contribution in [2.75, 3.05) is 6.54 Å². The molecule has 1 aliphatic carbocycles. The van der Waals surface area contributed by atoms with Crippen LogP contribution >= 0.6 is 11.6 Å². The van der Waals surface area contributed by atoms with Crippen LogP contribution in [0.3, 0.4) is 0 Å². The van der Waals surface area contributed by atoms with E-state index in [-0.39, 0.29) is 23.7 Å². The van der Waals surface area contributed by atoms with Crippen LogP contribution < -0.4 is 11.1 Å². The molecule has 2 unspecified atom stereocenters. The number of hydrogen-bond acceptors (Lipinski definition) is 2. The number of hydrogen-bond donors (Lipinski definition) is 2. The fraction of sp³-hybridized carbons (Fsp3) is 0.429. The average Bonchev–Trinajstić information content (AvgIpc) is 3.15. The zero-order chi connectivity index (χ0) is 13.8. The van der Waals surface area contributed by atoms with Crippen LogP contribution in [0.5, 0.6) is 0 Å². The Morgan fingerprint density at radius 2 is 2.11 bits per heavy atom. The van der Waals surface area contributed by atoms with Crippen LogP contribution in [-0.4, -0.2) is 18.4 Å². The van der Waals surface area contributed by atoms with Gasteiger partial charge in [0.05, 0.1) is 0 Å². The lowest BCUT2D eigenvalue weighted by Crippen LogP contribution is -2.27. The molecule has 0 spiro atoms. The third-order valence-corrected chi connectivity index (χ3v) is 3.68. The fourth-order valence-electron chi connectivity index (χ4n) is 2.21. The molecule has 102 valence electrons. The predicted octanol–water partition coefficient (Wildman–Crippen LogP) is 1.83. The van der Waals surface area contributed by atoms with Gasteiger partial charge in [0.2, 0.25) is 11.8 Å². The second-order valence-corrected chi connectivity index (χ2v) is 5.24. The molecule has 1 aromatic rings. The third kappa shape index (κ3) is 3.70. The van der Waals surface area contributed by atoms with Crippen molar-refractivity contribution in [1.82, 2.24) is 5.32 Å². The summed E-state index contributed by atoms with van der Waals surface area (Å²) in [6.45, 7) is 0.494. The highest BCUT2D eigenvalue weighted by molar-refractivity contribution is 6.31. The summed E-state index contributed by atoms with van der Waals surface area (Å²) in [7, 11) is 0. The predicted molar refractivity (Wildman–Crippen MR) is 73.7 cm³/mol. The summed E-state index contributed by atoms with van der Waals surface area (Å²) in [5.41, 5.74) is 6.07. The van der Waals surface area contributed by atoms with Crippen molar-refractivity contribution >= 4 is 23.4 Å². The van der Waals surface area contributed by atoms with Gasteiger partial charge in [0.25, 0.3) is 0 Å². The number of carbonyl (C=O) groups is 2. The molecule has 0 radical (unpaired) electrons. The molecule has 0 heterocycles. The van der Waals surface area contributed by atoms with Crippen LogP contribution in [0.25, 0.3) is 0 Å². The second-order valence-electron chi connectivity index (χ2n) is 4.83. The van der Waals surface area contributed by atoms with Crippen molar-refractivity contribution in [3.63, 3.8) is 0 Å². The van der Waals surface area contributed by atoms with Gasteiger partial charge in [0, 0.05) is 23.9 Å². The van der Waals surface area contributed by atoms with Crippen LogP contribution in [0.1, 0.15) is 30.7 Å². The minimum Gasteiger partial charge on any atom is -0.370 e. The van der Waals surface area contributed by atoms with E-state index >= 15 is 0 Å². The Bertz CT molecular complexity index is 490. The highest BCUT2D eigenvalue weighted by Gasteiger charge is 2.44. The van der Waals surface area contributed by atoms with Gasteiger partial charge in [-0.3, -0.25) is 9.59 Å². The molecule has 2 amide bonds. The standard InChI is InChI=1S/C14H17ClN2O2/c15-12-5-2-1-4-9(12)10-8-11(10)14(19)17-7-3-6-13(16)18/h1-2,4-5,10-11H,3,6-8H2,(H2,16,18)(H,17,19). The highest BCUT2D eigenvalue weighted by atomic mass is 35.5. The van der Waals surface area contributed by atoms with Gasteiger partial charge in [-0.1, -0.05) is 29.8 Å². The molecule has 3 N–H and O–H groups in total. The van der Waals surface area contributed by atoms with Crippen molar-refractivity contribution in [2.45, 2.75) is 25.2 Å². The molecular weight excluding hydrogens is 264 g/mol. The van der Waals surface area contributed by atoms with Crippen molar-refractivity contribution in [3.8, 4) is 0 Å². The zero-order valence-electron chi connectivity index (χ0n) is 10.6. The first-order chi connectivity index (χ1) is 9.09. The van der Waals surface area contributed by atoms with Crippen LogP contribution in [0.4, 0.5) is 0 Å². The van der Waals surface area contributed by atoms with E-state index in [0.29, 0.717) is 19.4 Å². The topological polar surface area (TPSA) is 72.2 Å². The van der Waals surface area contributed by atoms with Gasteiger partial charge in [-0.15, -0.1) is 0 Å². The molecule has 1 aromatic carbocycles. The van der Waals surface area contributed by atoms with Crippen LogP contribution in [-0.2, 0) is 9.59 Å². The van der Waals surface area contributed by atoms with Crippen molar-refractivity contribution in [2.24, 2.45) is 11.7 Å². The van der Waals surface area contributed by atoms with E-state index in [1.54, 1.807) is 0 Å². The summed E-state index contributed by atoms with van der Waals surface area (Å²) in [6.07, 6.45) is 1.73. The second kappa shape index (κ2) is 6.06. The SMILES string of the molecule is NC(=O)CCCNC(=O)C1CC1c1ccccc1Cl. The van der Waals surface area contributed by atoms with E-state index in [1.807, 2.05) is 24.3 Å². The Balaban J connectivity index is 1.78. The fourth-order valence-corrected chi connectivity index (χ4v) is 2.49. The Kier molecular flexibility index (Phi) is 4.43. The van der Waals surface area contributed by atoms with Gasteiger partial charge in [0.1, 0.15) is 0 Å². The minimum atomic E-state index is -0.338. The molecule has 19 heavy (non-hydrogen) atoms. The Hall–Kier alpha value is -1.55. The number of amides is 2. The molecule has 4 nitrogen and oxygen atoms in total. The molecule has 1 fully saturated rings. The normalized spacial score (nSPS) is 20.9. The van der Waals surface area contributed by atoms with Crippen LogP contribution in [0.15, 0.2) is 24.3 Å². The van der Waals surface area contributed by atoms with E-state index in [2.05, 4.69) is 5.32 Å². The molecular formula is C14H17ClN2O2. The van der Waals surface area contributed by atoms with E-state index in [9.17, 15) is 9.59 Å². The van der Waals surface area contributed by atoms with Gasteiger partial charge >= 0.3 is 0 Å². The monoisotopic (exact) mass is 280 g/mol. The van der Waals surface area contributed by atoms with Crippen molar-refractivity contribution < 1.29 is 9.59 Å². The lowest BCUT2D eigenvalue weighted by molar-refractivity contribution is -0.123. The van der Waals surface area contributed by atoms with E-state index < -0.39 is 0 Å². The lowest BCUT2D eigenvalue weighted by Gasteiger charge is -2.05. The van der Waals surface area contributed by atoms with Crippen molar-refractivity contribution in [3.05, 3.63) is 34.9 Å². The summed E-state index contributed by atoms with van der Waals surface area (Å²) in [6, 6.07) is 7.62. The Morgan fingerprint density at radius 1 is 1.37 bits per heavy atom. The molecule has 1 saturated carbocycles. The van der Waals surface area contributed by atoms with Gasteiger partial charge in [0.15, 0.2) is 0 Å². The zero-order valence-corrected chi connectivity index (χ0v) is 11.3. The maximum absolute atomic E-state index is 11.9. The maximum atomic E-state index is 11.9. The van der Waals surface area contributed by atoms with Crippen LogP contribution in [0.2, 0.25) is 5.02 Å². The molecule has 0 bridgehead atoms. The number of primary amides is 1. The maximum Gasteiger partial charge on any atom is 0.223 e. The van der Waals surface area contributed by atoms with Gasteiger partial charge < -0.3 is 11.1 Å². The quantitative estimate of drug-likeness (QED) is 0.780. The number of benzene rings is 1.